The fourth-order valence-electron chi connectivity index (χ4n) is 2.66. The van der Waals surface area contributed by atoms with Gasteiger partial charge in [-0.15, -0.1) is 0 Å². The lowest BCUT2D eigenvalue weighted by molar-refractivity contribution is -0.140. The first-order valence-electron chi connectivity index (χ1n) is 7.15. The van der Waals surface area contributed by atoms with Gasteiger partial charge in [0.25, 0.3) is 5.91 Å². The summed E-state index contributed by atoms with van der Waals surface area (Å²) >= 11 is 0. The van der Waals surface area contributed by atoms with Gasteiger partial charge in [0.2, 0.25) is 0 Å². The Morgan fingerprint density at radius 3 is 2.74 bits per heavy atom. The molecule has 0 atom stereocenters. The van der Waals surface area contributed by atoms with Gasteiger partial charge in [-0.25, -0.2) is 9.69 Å². The van der Waals surface area contributed by atoms with Crippen molar-refractivity contribution in [2.75, 3.05) is 6.54 Å². The number of carbonyl (C=O) groups excluding carboxylic acids is 2. The maximum Gasteiger partial charge on any atom is 0.329 e. The molecule has 1 aliphatic heterocycles. The Morgan fingerprint density at radius 2 is 2.04 bits per heavy atom. The first kappa shape index (κ1) is 14.8. The molecule has 3 amide bonds. The Bertz CT molecular complexity index is 850. The number of carboxylic acids is 1. The Morgan fingerprint density at radius 1 is 1.30 bits per heavy atom. The summed E-state index contributed by atoms with van der Waals surface area (Å²) in [6.45, 7) is 2.13. The number of hydrogen-bond donors (Lipinski definition) is 2. The van der Waals surface area contributed by atoms with E-state index in [1.807, 2.05) is 42.0 Å². The zero-order chi connectivity index (χ0) is 16.6. The molecule has 3 rings (SSSR count). The summed E-state index contributed by atoms with van der Waals surface area (Å²) in [5.41, 5.74) is 1.90. The third kappa shape index (κ3) is 2.57. The van der Waals surface area contributed by atoms with Gasteiger partial charge in [0.1, 0.15) is 12.2 Å². The number of aromatic nitrogens is 1. The van der Waals surface area contributed by atoms with Gasteiger partial charge in [-0.2, -0.15) is 0 Å². The fraction of sp³-hybridized carbons (Fsp3) is 0.188. The van der Waals surface area contributed by atoms with Crippen LogP contribution in [-0.2, 0) is 16.1 Å². The average molecular weight is 313 g/mol. The summed E-state index contributed by atoms with van der Waals surface area (Å²) < 4.78 is 2.04. The van der Waals surface area contributed by atoms with Crippen molar-refractivity contribution in [3.63, 3.8) is 0 Å². The van der Waals surface area contributed by atoms with Crippen LogP contribution < -0.4 is 5.32 Å². The number of benzene rings is 1. The second-order valence-electron chi connectivity index (χ2n) is 5.16. The van der Waals surface area contributed by atoms with Crippen LogP contribution in [0.3, 0.4) is 0 Å². The summed E-state index contributed by atoms with van der Waals surface area (Å²) in [4.78, 5) is 35.3. The van der Waals surface area contributed by atoms with Crippen LogP contribution in [0.15, 0.2) is 36.2 Å². The van der Waals surface area contributed by atoms with Gasteiger partial charge in [-0.1, -0.05) is 18.2 Å². The topological polar surface area (TPSA) is 91.6 Å². The van der Waals surface area contributed by atoms with E-state index in [9.17, 15) is 14.4 Å². The van der Waals surface area contributed by atoms with Crippen molar-refractivity contribution in [3.8, 4) is 0 Å². The van der Waals surface area contributed by atoms with Crippen LogP contribution in [-0.4, -0.2) is 39.0 Å². The lowest BCUT2D eigenvalue weighted by atomic mass is 10.1. The minimum Gasteiger partial charge on any atom is -0.480 e. The van der Waals surface area contributed by atoms with Crippen LogP contribution in [0.2, 0.25) is 0 Å². The van der Waals surface area contributed by atoms with Crippen LogP contribution in [0.25, 0.3) is 17.0 Å². The van der Waals surface area contributed by atoms with Crippen molar-refractivity contribution in [3.05, 3.63) is 41.7 Å². The second-order valence-corrected chi connectivity index (χ2v) is 5.16. The molecule has 1 aliphatic rings. The molecule has 1 saturated heterocycles. The number of hydrogen-bond acceptors (Lipinski definition) is 3. The number of carboxylic acid groups (broad SMARTS) is 1. The minimum atomic E-state index is -1.24. The number of nitrogens with one attached hydrogen (secondary N) is 1. The van der Waals surface area contributed by atoms with E-state index in [1.165, 1.54) is 0 Å². The molecule has 1 fully saturated rings. The molecule has 2 heterocycles. The Balaban J connectivity index is 2.01. The molecular formula is C16H15N3O4. The highest BCUT2D eigenvalue weighted by Gasteiger charge is 2.35. The Labute approximate surface area is 131 Å². The largest absolute Gasteiger partial charge is 0.480 e. The monoisotopic (exact) mass is 313 g/mol. The number of aliphatic carboxylic acids is 1. The molecular weight excluding hydrogens is 298 g/mol. The number of nitrogens with zero attached hydrogens (tertiary/aromatic N) is 2. The van der Waals surface area contributed by atoms with E-state index in [0.29, 0.717) is 4.90 Å². The molecule has 1 aromatic heterocycles. The van der Waals surface area contributed by atoms with E-state index in [4.69, 9.17) is 5.11 Å². The summed E-state index contributed by atoms with van der Waals surface area (Å²) in [6.07, 6.45) is 3.48. The standard InChI is InChI=1S/C16H15N3O4/c1-2-18-8-10(11-5-3-4-6-13(11)18)7-12-15(22)19(9-14(20)21)16(23)17-12/h3-8H,2,9H2,1H3,(H,17,23)(H,20,21)/b12-7+. The zero-order valence-corrected chi connectivity index (χ0v) is 12.4. The van der Waals surface area contributed by atoms with Gasteiger partial charge < -0.3 is 15.0 Å². The van der Waals surface area contributed by atoms with E-state index in [0.717, 1.165) is 23.0 Å². The summed E-state index contributed by atoms with van der Waals surface area (Å²) in [5.74, 6) is -1.87. The van der Waals surface area contributed by atoms with Crippen LogP contribution in [0.1, 0.15) is 12.5 Å². The van der Waals surface area contributed by atoms with E-state index in [-0.39, 0.29) is 5.70 Å². The normalized spacial score (nSPS) is 16.4. The predicted molar refractivity (Wildman–Crippen MR) is 83.5 cm³/mol. The quantitative estimate of drug-likeness (QED) is 0.663. The van der Waals surface area contributed by atoms with Gasteiger partial charge in [0, 0.05) is 29.2 Å². The summed E-state index contributed by atoms with van der Waals surface area (Å²) in [6, 6.07) is 7.03. The zero-order valence-electron chi connectivity index (χ0n) is 12.4. The second kappa shape index (κ2) is 5.60. The third-order valence-electron chi connectivity index (χ3n) is 3.72. The van der Waals surface area contributed by atoms with Gasteiger partial charge in [-0.3, -0.25) is 9.59 Å². The molecule has 0 radical (unpaired) electrons. The molecule has 2 aromatic rings. The highest BCUT2D eigenvalue weighted by molar-refractivity contribution is 6.15. The maximum atomic E-state index is 12.2. The molecule has 0 aliphatic carbocycles. The molecule has 23 heavy (non-hydrogen) atoms. The highest BCUT2D eigenvalue weighted by Crippen LogP contribution is 2.24. The number of fused-ring (bicyclic) bond motifs is 1. The Kier molecular flexibility index (Phi) is 3.61. The number of imide groups is 1. The van der Waals surface area contributed by atoms with Crippen LogP contribution >= 0.6 is 0 Å². The number of urea groups is 1. The first-order chi connectivity index (χ1) is 11.0. The van der Waals surface area contributed by atoms with Crippen molar-refractivity contribution in [1.82, 2.24) is 14.8 Å². The third-order valence-corrected chi connectivity index (χ3v) is 3.72. The van der Waals surface area contributed by atoms with Crippen molar-refractivity contribution < 1.29 is 19.5 Å². The molecule has 0 bridgehead atoms. The molecule has 2 N–H and O–H groups in total. The summed E-state index contributed by atoms with van der Waals surface area (Å²) in [5, 5.41) is 12.1. The first-order valence-corrected chi connectivity index (χ1v) is 7.15. The molecule has 7 heteroatoms. The molecule has 0 saturated carbocycles. The van der Waals surface area contributed by atoms with Gasteiger partial charge in [0.05, 0.1) is 0 Å². The van der Waals surface area contributed by atoms with E-state index < -0.39 is 24.5 Å². The SMILES string of the molecule is CCn1cc(/C=C2/NC(=O)N(CC(=O)O)C2=O)c2ccccc21. The predicted octanol–water partition coefficient (Wildman–Crippen LogP) is 1.64. The molecule has 118 valence electrons. The number of rotatable bonds is 4. The highest BCUT2D eigenvalue weighted by atomic mass is 16.4. The number of aryl methyl sites for hydroxylation is 1. The van der Waals surface area contributed by atoms with Gasteiger partial charge in [0.15, 0.2) is 0 Å². The van der Waals surface area contributed by atoms with Crippen molar-refractivity contribution in [2.45, 2.75) is 13.5 Å². The number of carbonyl (C=O) groups is 3. The average Bonchev–Trinajstić information content (AvgIpc) is 3.00. The maximum absolute atomic E-state index is 12.2. The van der Waals surface area contributed by atoms with Crippen LogP contribution in [0, 0.1) is 0 Å². The Hall–Kier alpha value is -3.09. The molecule has 0 spiro atoms. The van der Waals surface area contributed by atoms with E-state index >= 15 is 0 Å². The number of amides is 3. The van der Waals surface area contributed by atoms with Crippen LogP contribution in [0.4, 0.5) is 4.79 Å². The lowest BCUT2D eigenvalue weighted by Gasteiger charge is -2.06. The van der Waals surface area contributed by atoms with E-state index in [2.05, 4.69) is 5.32 Å². The number of para-hydroxylation sites is 1. The fourth-order valence-corrected chi connectivity index (χ4v) is 2.66. The van der Waals surface area contributed by atoms with Gasteiger partial charge >= 0.3 is 12.0 Å². The minimum absolute atomic E-state index is 0.0789. The summed E-state index contributed by atoms with van der Waals surface area (Å²) in [7, 11) is 0. The van der Waals surface area contributed by atoms with Crippen molar-refractivity contribution in [1.29, 1.82) is 0 Å². The van der Waals surface area contributed by atoms with Crippen molar-refractivity contribution >= 4 is 34.9 Å². The van der Waals surface area contributed by atoms with Gasteiger partial charge in [-0.05, 0) is 19.1 Å². The van der Waals surface area contributed by atoms with Crippen molar-refractivity contribution in [2.24, 2.45) is 0 Å². The molecule has 0 unspecified atom stereocenters. The molecule has 1 aromatic carbocycles. The molecule has 7 nitrogen and oxygen atoms in total. The smallest absolute Gasteiger partial charge is 0.329 e. The van der Waals surface area contributed by atoms with Crippen LogP contribution in [0.5, 0.6) is 0 Å². The lowest BCUT2D eigenvalue weighted by Crippen LogP contribution is -2.35. The van der Waals surface area contributed by atoms with E-state index in [1.54, 1.807) is 6.08 Å².